The van der Waals surface area contributed by atoms with Gasteiger partial charge in [-0.1, -0.05) is 12.1 Å². The molecule has 0 radical (unpaired) electrons. The number of anilines is 1. The number of nitriles is 1. The molecule has 2 rings (SSSR count). The lowest BCUT2D eigenvalue weighted by molar-refractivity contribution is -0.154. The maximum Gasteiger partial charge on any atom is 0.410 e. The summed E-state index contributed by atoms with van der Waals surface area (Å²) in [6, 6.07) is 10.3. The van der Waals surface area contributed by atoms with E-state index in [1.807, 2.05) is 65.8 Å². The fourth-order valence-corrected chi connectivity index (χ4v) is 4.06. The van der Waals surface area contributed by atoms with E-state index in [1.54, 1.807) is 4.90 Å². The maximum atomic E-state index is 12.3. The zero-order valence-corrected chi connectivity index (χ0v) is 21.9. The molecule has 0 spiro atoms. The molecule has 1 unspecified atom stereocenters. The minimum atomic E-state index is -0.523. The monoisotopic (exact) mass is 471 g/mol. The molecule has 1 aliphatic heterocycles. The quantitative estimate of drug-likeness (QED) is 0.488. The zero-order valence-electron chi connectivity index (χ0n) is 21.9. The number of piperidine rings is 1. The minimum absolute atomic E-state index is 0.214. The lowest BCUT2D eigenvalue weighted by atomic mass is 9.94. The topological polar surface area (TPSA) is 82.9 Å². The Morgan fingerprint density at radius 3 is 2.29 bits per heavy atom. The van der Waals surface area contributed by atoms with E-state index in [2.05, 4.69) is 18.0 Å². The molecule has 1 saturated heterocycles. The van der Waals surface area contributed by atoms with Crippen molar-refractivity contribution in [2.24, 2.45) is 5.92 Å². The van der Waals surface area contributed by atoms with Gasteiger partial charge in [-0.05, 0) is 84.4 Å². The predicted octanol–water partition coefficient (Wildman–Crippen LogP) is 5.50. The smallest absolute Gasteiger partial charge is 0.410 e. The van der Waals surface area contributed by atoms with Crippen molar-refractivity contribution in [1.29, 1.82) is 5.26 Å². The van der Waals surface area contributed by atoms with Gasteiger partial charge >= 0.3 is 12.1 Å². The molecular formula is C27H41N3O4. The first kappa shape index (κ1) is 27.5. The van der Waals surface area contributed by atoms with Crippen molar-refractivity contribution < 1.29 is 19.1 Å². The number of likely N-dealkylation sites (tertiary alicyclic amines) is 1. The molecule has 0 bridgehead atoms. The van der Waals surface area contributed by atoms with E-state index in [4.69, 9.17) is 9.47 Å². The van der Waals surface area contributed by atoms with Crippen LogP contribution in [0.25, 0.3) is 0 Å². The van der Waals surface area contributed by atoms with Crippen molar-refractivity contribution in [3.63, 3.8) is 0 Å². The van der Waals surface area contributed by atoms with Crippen molar-refractivity contribution in [3.8, 4) is 6.07 Å². The van der Waals surface area contributed by atoms with Gasteiger partial charge in [0.2, 0.25) is 0 Å². The van der Waals surface area contributed by atoms with Gasteiger partial charge in [0.15, 0.2) is 0 Å². The van der Waals surface area contributed by atoms with E-state index in [9.17, 15) is 14.9 Å². The van der Waals surface area contributed by atoms with Crippen molar-refractivity contribution >= 4 is 17.7 Å². The lowest BCUT2D eigenvalue weighted by Gasteiger charge is -2.35. The standard InChI is InChI=1S/C27H41N3O4/c1-26(2,3)33-24(31)12-11-22(18-28)21-9-8-10-23(17-21)29(7)19-20-13-15-30(16-14-20)25(32)34-27(4,5)6/h8-10,17,20,22H,11-16,19H2,1-7H3. The van der Waals surface area contributed by atoms with Gasteiger partial charge in [0.25, 0.3) is 0 Å². The largest absolute Gasteiger partial charge is 0.460 e. The molecular weight excluding hydrogens is 430 g/mol. The number of carbonyl (C=O) groups excluding carboxylic acids is 2. The van der Waals surface area contributed by atoms with Gasteiger partial charge in [-0.2, -0.15) is 5.26 Å². The average molecular weight is 472 g/mol. The molecule has 0 aliphatic carbocycles. The average Bonchev–Trinajstić information content (AvgIpc) is 2.72. The Kier molecular flexibility index (Phi) is 9.37. The van der Waals surface area contributed by atoms with E-state index in [0.717, 1.165) is 30.6 Å². The summed E-state index contributed by atoms with van der Waals surface area (Å²) < 4.78 is 10.9. The highest BCUT2D eigenvalue weighted by Crippen LogP contribution is 2.27. The van der Waals surface area contributed by atoms with Gasteiger partial charge in [-0.25, -0.2) is 4.79 Å². The molecule has 0 aromatic heterocycles. The SMILES string of the molecule is CN(CC1CCN(C(=O)OC(C)(C)C)CC1)c1cccc(C(C#N)CCC(=O)OC(C)(C)C)c1. The van der Waals surface area contributed by atoms with Gasteiger partial charge in [-0.15, -0.1) is 0 Å². The molecule has 0 saturated carbocycles. The van der Waals surface area contributed by atoms with Gasteiger partial charge in [0.05, 0.1) is 12.0 Å². The summed E-state index contributed by atoms with van der Waals surface area (Å²) in [7, 11) is 2.06. The Bertz CT molecular complexity index is 871. The highest BCUT2D eigenvalue weighted by atomic mass is 16.6. The summed E-state index contributed by atoms with van der Waals surface area (Å²) in [5.41, 5.74) is 0.956. The van der Waals surface area contributed by atoms with Gasteiger partial charge in [0, 0.05) is 38.8 Å². The van der Waals surface area contributed by atoms with Crippen LogP contribution in [-0.2, 0) is 14.3 Å². The van der Waals surface area contributed by atoms with Crippen LogP contribution in [0.2, 0.25) is 0 Å². The fourth-order valence-electron chi connectivity index (χ4n) is 4.06. The second kappa shape index (κ2) is 11.6. The molecule has 188 valence electrons. The third-order valence-electron chi connectivity index (χ3n) is 5.72. The highest BCUT2D eigenvalue weighted by Gasteiger charge is 2.27. The van der Waals surface area contributed by atoms with Gasteiger partial charge in [0.1, 0.15) is 11.2 Å². The highest BCUT2D eigenvalue weighted by molar-refractivity contribution is 5.70. The summed E-state index contributed by atoms with van der Waals surface area (Å²) in [6.45, 7) is 13.5. The molecule has 1 fully saturated rings. The number of hydrogen-bond donors (Lipinski definition) is 0. The van der Waals surface area contributed by atoms with Crippen LogP contribution in [0.3, 0.4) is 0 Å². The molecule has 1 amide bonds. The normalized spacial score (nSPS) is 15.9. The number of amides is 1. The Morgan fingerprint density at radius 2 is 1.74 bits per heavy atom. The van der Waals surface area contributed by atoms with Crippen LogP contribution in [0.1, 0.15) is 78.7 Å². The predicted molar refractivity (Wildman–Crippen MR) is 134 cm³/mol. The van der Waals surface area contributed by atoms with Gasteiger partial charge in [-0.3, -0.25) is 4.79 Å². The van der Waals surface area contributed by atoms with E-state index < -0.39 is 11.2 Å². The second-order valence-electron chi connectivity index (χ2n) is 11.2. The fraction of sp³-hybridized carbons (Fsp3) is 0.667. The Balaban J connectivity index is 1.91. The molecule has 7 nitrogen and oxygen atoms in total. The maximum absolute atomic E-state index is 12.3. The van der Waals surface area contributed by atoms with Crippen molar-refractivity contribution in [1.82, 2.24) is 4.90 Å². The van der Waals surface area contributed by atoms with Crippen molar-refractivity contribution in [2.45, 2.75) is 84.3 Å². The van der Waals surface area contributed by atoms with Crippen LogP contribution < -0.4 is 4.90 Å². The minimum Gasteiger partial charge on any atom is -0.460 e. The molecule has 1 aromatic carbocycles. The van der Waals surface area contributed by atoms with Crippen molar-refractivity contribution in [3.05, 3.63) is 29.8 Å². The van der Waals surface area contributed by atoms with Gasteiger partial charge < -0.3 is 19.3 Å². The van der Waals surface area contributed by atoms with Crippen LogP contribution >= 0.6 is 0 Å². The first-order valence-electron chi connectivity index (χ1n) is 12.2. The number of esters is 1. The number of hydrogen-bond acceptors (Lipinski definition) is 6. The number of benzene rings is 1. The summed E-state index contributed by atoms with van der Waals surface area (Å²) in [6.07, 6.45) is 2.27. The summed E-state index contributed by atoms with van der Waals surface area (Å²) in [5, 5.41) is 9.70. The summed E-state index contributed by atoms with van der Waals surface area (Å²) in [4.78, 5) is 28.4. The molecule has 34 heavy (non-hydrogen) atoms. The summed E-state index contributed by atoms with van der Waals surface area (Å²) in [5.74, 6) is -0.164. The Morgan fingerprint density at radius 1 is 1.12 bits per heavy atom. The first-order valence-corrected chi connectivity index (χ1v) is 12.2. The molecule has 1 aromatic rings. The van der Waals surface area contributed by atoms with Crippen LogP contribution in [0.4, 0.5) is 10.5 Å². The molecule has 1 aliphatic rings. The molecule has 7 heteroatoms. The first-order chi connectivity index (χ1) is 15.8. The van der Waals surface area contributed by atoms with Crippen LogP contribution in [0.5, 0.6) is 0 Å². The summed E-state index contributed by atoms with van der Waals surface area (Å²) >= 11 is 0. The lowest BCUT2D eigenvalue weighted by Crippen LogP contribution is -2.43. The van der Waals surface area contributed by atoms with Crippen LogP contribution in [0, 0.1) is 17.2 Å². The number of rotatable bonds is 7. The Labute approximate surface area is 205 Å². The Hall–Kier alpha value is -2.75. The van der Waals surface area contributed by atoms with Crippen molar-refractivity contribution in [2.75, 3.05) is 31.6 Å². The van der Waals surface area contributed by atoms with E-state index >= 15 is 0 Å². The third-order valence-corrected chi connectivity index (χ3v) is 5.72. The van der Waals surface area contributed by atoms with Crippen LogP contribution in [0.15, 0.2) is 24.3 Å². The number of nitrogens with zero attached hydrogens (tertiary/aromatic N) is 3. The molecule has 0 N–H and O–H groups in total. The van der Waals surface area contributed by atoms with Crippen LogP contribution in [-0.4, -0.2) is 54.8 Å². The van der Waals surface area contributed by atoms with E-state index in [-0.39, 0.29) is 24.4 Å². The zero-order chi connectivity index (χ0) is 25.5. The molecule has 1 heterocycles. The molecule has 1 atom stereocenters. The number of ether oxygens (including phenoxy) is 2. The van der Waals surface area contributed by atoms with E-state index in [0.29, 0.717) is 25.4 Å². The van der Waals surface area contributed by atoms with E-state index in [1.165, 1.54) is 0 Å². The second-order valence-corrected chi connectivity index (χ2v) is 11.2. The number of carbonyl (C=O) groups is 2. The third kappa shape index (κ3) is 9.24.